The maximum atomic E-state index is 8.97. The summed E-state index contributed by atoms with van der Waals surface area (Å²) in [6.07, 6.45) is 5.85. The molecule has 2 heterocycles. The Labute approximate surface area is 168 Å². The van der Waals surface area contributed by atoms with E-state index in [1.807, 2.05) is 30.4 Å². The van der Waals surface area contributed by atoms with Gasteiger partial charge in [0.25, 0.3) is 0 Å². The molecule has 0 saturated heterocycles. The van der Waals surface area contributed by atoms with Crippen molar-refractivity contribution < 1.29 is 14.6 Å². The maximum Gasteiger partial charge on any atom is 0.231 e. The van der Waals surface area contributed by atoms with Crippen molar-refractivity contribution in [3.63, 3.8) is 0 Å². The number of rotatable bonds is 6. The molecular weight excluding hydrogens is 372 g/mol. The Bertz CT molecular complexity index is 944. The van der Waals surface area contributed by atoms with E-state index in [1.165, 1.54) is 0 Å². The molecule has 0 radical (unpaired) electrons. The van der Waals surface area contributed by atoms with Crippen LogP contribution in [0, 0.1) is 0 Å². The number of aliphatic hydroxyl groups is 1. The number of amidine groups is 2. The highest BCUT2D eigenvalue weighted by atomic mass is 16.7. The first-order valence-corrected chi connectivity index (χ1v) is 9.52. The van der Waals surface area contributed by atoms with Gasteiger partial charge in [-0.3, -0.25) is 4.99 Å². The predicted octanol–water partition coefficient (Wildman–Crippen LogP) is 0.596. The van der Waals surface area contributed by atoms with E-state index in [9.17, 15) is 0 Å². The predicted molar refractivity (Wildman–Crippen MR) is 111 cm³/mol. The van der Waals surface area contributed by atoms with Gasteiger partial charge in [0.05, 0.1) is 6.04 Å². The third kappa shape index (κ3) is 4.40. The molecule has 1 aliphatic carbocycles. The molecule has 0 fully saturated rings. The Morgan fingerprint density at radius 3 is 2.93 bits per heavy atom. The lowest BCUT2D eigenvalue weighted by Crippen LogP contribution is -2.32. The zero-order valence-corrected chi connectivity index (χ0v) is 16.0. The topological polar surface area (TPSA) is 140 Å². The van der Waals surface area contributed by atoms with Gasteiger partial charge in [-0.25, -0.2) is 4.99 Å². The second-order valence-electron chi connectivity index (χ2n) is 6.92. The first kappa shape index (κ1) is 19.0. The van der Waals surface area contributed by atoms with Crippen LogP contribution < -0.4 is 26.3 Å². The molecule has 9 heteroatoms. The smallest absolute Gasteiger partial charge is 0.231 e. The zero-order chi connectivity index (χ0) is 20.2. The average Bonchev–Trinajstić information content (AvgIpc) is 3.15. The number of nitrogens with two attached hydrogens (primary N) is 2. The summed E-state index contributed by atoms with van der Waals surface area (Å²) < 4.78 is 10.8. The highest BCUT2D eigenvalue weighted by Crippen LogP contribution is 2.33. The standard InChI is InChI=1S/C20H24N6O3/c21-20(22)26-19-14-4-3-13(23-6-1-7-27)10-15(14)24-18(25-19)9-12-2-5-16-17(8-12)29-11-28-16/h2-5,8,15,23,27H,1,6-7,9-11H2,(H4,21,22,24,25,26). The van der Waals surface area contributed by atoms with E-state index in [2.05, 4.69) is 15.3 Å². The zero-order valence-electron chi connectivity index (χ0n) is 16.0. The molecule has 2 aliphatic heterocycles. The van der Waals surface area contributed by atoms with Crippen molar-refractivity contribution in [2.75, 3.05) is 19.9 Å². The van der Waals surface area contributed by atoms with Gasteiger partial charge in [0.1, 0.15) is 5.84 Å². The number of fused-ring (bicyclic) bond motifs is 2. The van der Waals surface area contributed by atoms with Crippen LogP contribution in [0.25, 0.3) is 0 Å². The molecule has 0 amide bonds. The lowest BCUT2D eigenvalue weighted by atomic mass is 9.94. The first-order chi connectivity index (χ1) is 14.1. The van der Waals surface area contributed by atoms with Crippen molar-refractivity contribution in [1.82, 2.24) is 5.32 Å². The number of allylic oxidation sites excluding steroid dienone is 2. The van der Waals surface area contributed by atoms with Gasteiger partial charge in [0.15, 0.2) is 23.3 Å². The van der Waals surface area contributed by atoms with E-state index in [0.717, 1.165) is 28.3 Å². The summed E-state index contributed by atoms with van der Waals surface area (Å²) in [6, 6.07) is 5.68. The normalized spacial score (nSPS) is 19.4. The summed E-state index contributed by atoms with van der Waals surface area (Å²) in [5.41, 5.74) is 14.2. The third-order valence-corrected chi connectivity index (χ3v) is 4.76. The number of nitrogens with one attached hydrogen (secondary N) is 1. The van der Waals surface area contributed by atoms with Crippen LogP contribution >= 0.6 is 0 Å². The molecule has 1 aromatic rings. The molecule has 0 saturated carbocycles. The first-order valence-electron chi connectivity index (χ1n) is 9.52. The molecule has 152 valence electrons. The monoisotopic (exact) mass is 396 g/mol. The van der Waals surface area contributed by atoms with Crippen LogP contribution in [0.4, 0.5) is 0 Å². The van der Waals surface area contributed by atoms with Crippen LogP contribution in [0.5, 0.6) is 11.5 Å². The number of nitrogens with zero attached hydrogens (tertiary/aromatic N) is 3. The number of ether oxygens (including phenoxy) is 2. The Balaban J connectivity index is 1.57. The van der Waals surface area contributed by atoms with Gasteiger partial charge in [-0.05, 0) is 30.2 Å². The molecule has 3 aliphatic rings. The van der Waals surface area contributed by atoms with Crippen molar-refractivity contribution in [2.24, 2.45) is 26.4 Å². The van der Waals surface area contributed by atoms with Crippen molar-refractivity contribution in [1.29, 1.82) is 0 Å². The fraction of sp³-hybridized carbons (Fsp3) is 0.350. The highest BCUT2D eigenvalue weighted by Gasteiger charge is 2.27. The number of hydrogen-bond acceptors (Lipinski definition) is 7. The molecule has 29 heavy (non-hydrogen) atoms. The Kier molecular flexibility index (Phi) is 5.48. The van der Waals surface area contributed by atoms with Crippen molar-refractivity contribution in [2.45, 2.75) is 25.3 Å². The Hall–Kier alpha value is -3.33. The fourth-order valence-electron chi connectivity index (χ4n) is 3.41. The molecule has 0 spiro atoms. The minimum absolute atomic E-state index is 0.0384. The van der Waals surface area contributed by atoms with Crippen molar-refractivity contribution >= 4 is 17.6 Å². The van der Waals surface area contributed by atoms with E-state index >= 15 is 0 Å². The number of hydrogen-bond donors (Lipinski definition) is 4. The molecule has 9 nitrogen and oxygen atoms in total. The maximum absolute atomic E-state index is 8.97. The minimum Gasteiger partial charge on any atom is -0.454 e. The molecule has 1 atom stereocenters. The highest BCUT2D eigenvalue weighted by molar-refractivity contribution is 6.13. The molecule has 6 N–H and O–H groups in total. The second-order valence-corrected chi connectivity index (χ2v) is 6.92. The van der Waals surface area contributed by atoms with Gasteiger partial charge in [-0.1, -0.05) is 12.1 Å². The average molecular weight is 396 g/mol. The van der Waals surface area contributed by atoms with Crippen LogP contribution in [0.3, 0.4) is 0 Å². The van der Waals surface area contributed by atoms with Gasteiger partial charge < -0.3 is 31.4 Å². The number of benzene rings is 1. The summed E-state index contributed by atoms with van der Waals surface area (Å²) in [5, 5.41) is 12.3. The van der Waals surface area contributed by atoms with Gasteiger partial charge in [-0.2, -0.15) is 4.99 Å². The SMILES string of the molecule is NC(N)=NC1=NC(Cc2ccc3c(c2)OCO3)=NC2CC(NCCCO)=CC=C12. The van der Waals surface area contributed by atoms with E-state index in [0.29, 0.717) is 37.5 Å². The van der Waals surface area contributed by atoms with Crippen LogP contribution in [0.15, 0.2) is 56.6 Å². The molecule has 4 rings (SSSR count). The molecule has 0 bridgehead atoms. The summed E-state index contributed by atoms with van der Waals surface area (Å²) in [6.45, 7) is 1.10. The quantitative estimate of drug-likeness (QED) is 0.315. The van der Waals surface area contributed by atoms with Crippen molar-refractivity contribution in [3.05, 3.63) is 47.2 Å². The number of aliphatic hydroxyl groups excluding tert-OH is 1. The summed E-state index contributed by atoms with van der Waals surface area (Å²) in [5.74, 6) is 2.58. The Morgan fingerprint density at radius 2 is 2.10 bits per heavy atom. The summed E-state index contributed by atoms with van der Waals surface area (Å²) in [4.78, 5) is 13.6. The lowest BCUT2D eigenvalue weighted by molar-refractivity contribution is 0.174. The van der Waals surface area contributed by atoms with E-state index in [-0.39, 0.29) is 25.4 Å². The Morgan fingerprint density at radius 1 is 1.24 bits per heavy atom. The van der Waals surface area contributed by atoms with Crippen molar-refractivity contribution in [3.8, 4) is 11.5 Å². The molecule has 1 unspecified atom stereocenters. The van der Waals surface area contributed by atoms with E-state index < -0.39 is 0 Å². The van der Waals surface area contributed by atoms with E-state index in [4.69, 9.17) is 31.0 Å². The van der Waals surface area contributed by atoms with Gasteiger partial charge >= 0.3 is 0 Å². The third-order valence-electron chi connectivity index (χ3n) is 4.76. The minimum atomic E-state index is -0.115. The molecule has 0 aromatic heterocycles. The lowest BCUT2D eigenvalue weighted by Gasteiger charge is -2.26. The summed E-state index contributed by atoms with van der Waals surface area (Å²) >= 11 is 0. The van der Waals surface area contributed by atoms with Gasteiger partial charge in [-0.15, -0.1) is 0 Å². The summed E-state index contributed by atoms with van der Waals surface area (Å²) in [7, 11) is 0. The molecule has 1 aromatic carbocycles. The number of aliphatic imine (C=N–C) groups is 3. The van der Waals surface area contributed by atoms with Gasteiger partial charge in [0, 0.05) is 37.3 Å². The van der Waals surface area contributed by atoms with E-state index in [1.54, 1.807) is 0 Å². The van der Waals surface area contributed by atoms with Crippen LogP contribution in [0.1, 0.15) is 18.4 Å². The number of guanidine groups is 1. The van der Waals surface area contributed by atoms with Crippen LogP contribution in [-0.4, -0.2) is 48.7 Å². The second kappa shape index (κ2) is 8.36. The molecular formula is C20H24N6O3. The fourth-order valence-corrected chi connectivity index (χ4v) is 3.41. The van der Waals surface area contributed by atoms with Crippen LogP contribution in [0.2, 0.25) is 0 Å². The van der Waals surface area contributed by atoms with Gasteiger partial charge in [0.2, 0.25) is 6.79 Å². The van der Waals surface area contributed by atoms with Crippen LogP contribution in [-0.2, 0) is 6.42 Å². The largest absolute Gasteiger partial charge is 0.454 e.